The van der Waals surface area contributed by atoms with Crippen LogP contribution in [0.1, 0.15) is 22.8 Å². The van der Waals surface area contributed by atoms with Gasteiger partial charge in [-0.2, -0.15) is 0 Å². The second-order valence-electron chi connectivity index (χ2n) is 3.03. The molecule has 0 aliphatic heterocycles. The minimum absolute atomic E-state index is 0.320. The molecule has 0 radical (unpaired) electrons. The van der Waals surface area contributed by atoms with E-state index in [4.69, 9.17) is 4.74 Å². The number of hydrogen-bond donors (Lipinski definition) is 0. The van der Waals surface area contributed by atoms with Crippen LogP contribution in [0.2, 0.25) is 0 Å². The summed E-state index contributed by atoms with van der Waals surface area (Å²) in [6.45, 7) is 4.47. The molecule has 0 unspecified atom stereocenters. The second-order valence-corrected chi connectivity index (χ2v) is 4.19. The average molecular weight is 320 g/mol. The number of esters is 1. The summed E-state index contributed by atoms with van der Waals surface area (Å²) >= 11 is 2.15. The van der Waals surface area contributed by atoms with E-state index >= 15 is 0 Å². The van der Waals surface area contributed by atoms with Crippen molar-refractivity contribution in [3.05, 3.63) is 26.8 Å². The van der Waals surface area contributed by atoms with Crippen LogP contribution in [0.25, 0.3) is 0 Å². The van der Waals surface area contributed by atoms with Crippen LogP contribution in [0.4, 0.5) is 0 Å². The fraction of sp³-hybridized carbons (Fsp3) is 0.364. The molecule has 82 valence electrons. The summed E-state index contributed by atoms with van der Waals surface area (Å²) in [7, 11) is 1.38. The van der Waals surface area contributed by atoms with Crippen LogP contribution in [0.15, 0.2) is 12.1 Å². The molecule has 1 rings (SSSR count). The number of carbonyl (C=O) groups excluding carboxylic acids is 1. The van der Waals surface area contributed by atoms with Gasteiger partial charge in [-0.25, -0.2) is 4.79 Å². The highest BCUT2D eigenvalue weighted by molar-refractivity contribution is 14.1. The number of carbonyl (C=O) groups is 1. The summed E-state index contributed by atoms with van der Waals surface area (Å²) in [5, 5.41) is 0. The van der Waals surface area contributed by atoms with Gasteiger partial charge in [0.05, 0.1) is 22.9 Å². The lowest BCUT2D eigenvalue weighted by molar-refractivity contribution is 0.0600. The predicted octanol–water partition coefficient (Wildman–Crippen LogP) is 2.78. The monoisotopic (exact) mass is 320 g/mol. The van der Waals surface area contributed by atoms with E-state index in [2.05, 4.69) is 27.3 Å². The first kappa shape index (κ1) is 12.3. The zero-order chi connectivity index (χ0) is 11.4. The SMILES string of the molecule is CCOc1c(C)cc(C(=O)OC)cc1I. The number of benzene rings is 1. The van der Waals surface area contributed by atoms with Gasteiger partial charge in [-0.15, -0.1) is 0 Å². The molecule has 0 aliphatic rings. The molecular formula is C11H13IO3. The standard InChI is InChI=1S/C11H13IO3/c1-4-15-10-7(2)5-8(6-9(10)12)11(13)14-3/h5-6H,4H2,1-3H3. The van der Waals surface area contributed by atoms with Crippen molar-refractivity contribution in [1.29, 1.82) is 0 Å². The van der Waals surface area contributed by atoms with Crippen molar-refractivity contribution in [2.24, 2.45) is 0 Å². The van der Waals surface area contributed by atoms with Gasteiger partial charge in [-0.05, 0) is 54.1 Å². The highest BCUT2D eigenvalue weighted by Gasteiger charge is 2.12. The third-order valence-corrected chi connectivity index (χ3v) is 2.74. The molecule has 0 heterocycles. The summed E-state index contributed by atoms with van der Waals surface area (Å²) in [5.74, 6) is 0.518. The largest absolute Gasteiger partial charge is 0.492 e. The lowest BCUT2D eigenvalue weighted by Gasteiger charge is -2.10. The van der Waals surface area contributed by atoms with Gasteiger partial charge < -0.3 is 9.47 Å². The number of ether oxygens (including phenoxy) is 2. The van der Waals surface area contributed by atoms with Crippen LogP contribution in [0.3, 0.4) is 0 Å². The summed E-state index contributed by atoms with van der Waals surface area (Å²) in [6.07, 6.45) is 0. The van der Waals surface area contributed by atoms with E-state index in [1.54, 1.807) is 12.1 Å². The van der Waals surface area contributed by atoms with Gasteiger partial charge in [0.25, 0.3) is 0 Å². The number of aryl methyl sites for hydroxylation is 1. The van der Waals surface area contributed by atoms with E-state index in [0.29, 0.717) is 12.2 Å². The van der Waals surface area contributed by atoms with Crippen molar-refractivity contribution < 1.29 is 14.3 Å². The molecule has 0 saturated carbocycles. The van der Waals surface area contributed by atoms with Gasteiger partial charge in [0, 0.05) is 0 Å². The molecule has 1 aromatic carbocycles. The molecular weight excluding hydrogens is 307 g/mol. The van der Waals surface area contributed by atoms with E-state index in [1.807, 2.05) is 13.8 Å². The van der Waals surface area contributed by atoms with Crippen LogP contribution in [-0.2, 0) is 4.74 Å². The topological polar surface area (TPSA) is 35.5 Å². The summed E-state index contributed by atoms with van der Waals surface area (Å²) < 4.78 is 11.1. The smallest absolute Gasteiger partial charge is 0.337 e. The van der Waals surface area contributed by atoms with Gasteiger partial charge in [0.1, 0.15) is 5.75 Å². The number of rotatable bonds is 3. The molecule has 1 aromatic rings. The van der Waals surface area contributed by atoms with Gasteiger partial charge >= 0.3 is 5.97 Å². The van der Waals surface area contributed by atoms with E-state index in [1.165, 1.54) is 7.11 Å². The van der Waals surface area contributed by atoms with Gasteiger partial charge in [-0.1, -0.05) is 0 Å². The van der Waals surface area contributed by atoms with Gasteiger partial charge in [0.2, 0.25) is 0 Å². The summed E-state index contributed by atoms with van der Waals surface area (Å²) in [6, 6.07) is 3.55. The van der Waals surface area contributed by atoms with Crippen molar-refractivity contribution in [2.75, 3.05) is 13.7 Å². The van der Waals surface area contributed by atoms with Crippen LogP contribution in [0, 0.1) is 10.5 Å². The van der Waals surface area contributed by atoms with Crippen LogP contribution in [-0.4, -0.2) is 19.7 Å². The Morgan fingerprint density at radius 2 is 2.13 bits per heavy atom. The van der Waals surface area contributed by atoms with Crippen molar-refractivity contribution in [1.82, 2.24) is 0 Å². The first-order chi connectivity index (χ1) is 7.10. The third-order valence-electron chi connectivity index (χ3n) is 1.94. The molecule has 0 saturated heterocycles. The molecule has 3 nitrogen and oxygen atoms in total. The van der Waals surface area contributed by atoms with Gasteiger partial charge in [0.15, 0.2) is 0 Å². The maximum atomic E-state index is 11.3. The molecule has 0 amide bonds. The minimum Gasteiger partial charge on any atom is -0.492 e. The number of hydrogen-bond acceptors (Lipinski definition) is 3. The molecule has 0 aromatic heterocycles. The molecule has 4 heteroatoms. The molecule has 0 spiro atoms. The minimum atomic E-state index is -0.320. The van der Waals surface area contributed by atoms with E-state index in [-0.39, 0.29) is 5.97 Å². The van der Waals surface area contributed by atoms with Gasteiger partial charge in [-0.3, -0.25) is 0 Å². The molecule has 0 bridgehead atoms. The van der Waals surface area contributed by atoms with Crippen LogP contribution in [0.5, 0.6) is 5.75 Å². The Bertz CT molecular complexity index is 351. The first-order valence-corrected chi connectivity index (χ1v) is 5.69. The molecule has 0 atom stereocenters. The Morgan fingerprint density at radius 1 is 1.47 bits per heavy atom. The number of methoxy groups -OCH3 is 1. The fourth-order valence-corrected chi connectivity index (χ4v) is 2.21. The lowest BCUT2D eigenvalue weighted by atomic mass is 10.1. The Labute approximate surface area is 103 Å². The Hall–Kier alpha value is -0.780. The van der Waals surface area contributed by atoms with Crippen LogP contribution >= 0.6 is 22.6 Å². The Morgan fingerprint density at radius 3 is 2.60 bits per heavy atom. The molecule has 0 fully saturated rings. The highest BCUT2D eigenvalue weighted by Crippen LogP contribution is 2.27. The fourth-order valence-electron chi connectivity index (χ4n) is 1.29. The van der Waals surface area contributed by atoms with E-state index < -0.39 is 0 Å². The normalized spacial score (nSPS) is 9.87. The Kier molecular flexibility index (Phi) is 4.38. The quantitative estimate of drug-likeness (QED) is 0.635. The lowest BCUT2D eigenvalue weighted by Crippen LogP contribution is -2.04. The van der Waals surface area contributed by atoms with Crippen molar-refractivity contribution in [3.8, 4) is 5.75 Å². The van der Waals surface area contributed by atoms with E-state index in [0.717, 1.165) is 14.9 Å². The molecule has 0 aliphatic carbocycles. The van der Waals surface area contributed by atoms with Crippen molar-refractivity contribution >= 4 is 28.6 Å². The zero-order valence-electron chi connectivity index (χ0n) is 8.96. The third kappa shape index (κ3) is 2.84. The second kappa shape index (κ2) is 5.34. The number of halogens is 1. The van der Waals surface area contributed by atoms with Crippen LogP contribution < -0.4 is 4.74 Å². The molecule has 0 N–H and O–H groups in total. The predicted molar refractivity (Wildman–Crippen MR) is 66.4 cm³/mol. The van der Waals surface area contributed by atoms with Crippen molar-refractivity contribution in [2.45, 2.75) is 13.8 Å². The van der Waals surface area contributed by atoms with Crippen molar-refractivity contribution in [3.63, 3.8) is 0 Å². The summed E-state index contributed by atoms with van der Waals surface area (Å²) in [4.78, 5) is 11.3. The maximum Gasteiger partial charge on any atom is 0.337 e. The Balaban J connectivity index is 3.13. The first-order valence-electron chi connectivity index (χ1n) is 4.61. The average Bonchev–Trinajstić information content (AvgIpc) is 2.22. The van der Waals surface area contributed by atoms with E-state index in [9.17, 15) is 4.79 Å². The highest BCUT2D eigenvalue weighted by atomic mass is 127. The maximum absolute atomic E-state index is 11.3. The summed E-state index contributed by atoms with van der Waals surface area (Å²) in [5.41, 5.74) is 1.51. The zero-order valence-corrected chi connectivity index (χ0v) is 11.1. The molecule has 15 heavy (non-hydrogen) atoms.